The third-order valence-electron chi connectivity index (χ3n) is 5.27. The molecule has 6 heteroatoms. The Labute approximate surface area is 157 Å². The van der Waals surface area contributed by atoms with Crippen LogP contribution in [-0.2, 0) is 13.0 Å². The van der Waals surface area contributed by atoms with Gasteiger partial charge >= 0.3 is 0 Å². The lowest BCUT2D eigenvalue weighted by Gasteiger charge is -2.32. The van der Waals surface area contributed by atoms with E-state index in [1.807, 2.05) is 0 Å². The molecule has 1 fully saturated rings. The Morgan fingerprint density at radius 1 is 1.38 bits per heavy atom. The summed E-state index contributed by atoms with van der Waals surface area (Å²) in [5, 5.41) is 5.25. The summed E-state index contributed by atoms with van der Waals surface area (Å²) in [6.45, 7) is 4.62. The summed E-state index contributed by atoms with van der Waals surface area (Å²) in [6, 6.07) is 4.34. The van der Waals surface area contributed by atoms with E-state index in [0.29, 0.717) is 29.1 Å². The Balaban J connectivity index is 1.45. The molecule has 4 rings (SSSR count). The minimum absolute atomic E-state index is 0.0382. The van der Waals surface area contributed by atoms with Crippen molar-refractivity contribution in [1.29, 1.82) is 0 Å². The van der Waals surface area contributed by atoms with Gasteiger partial charge in [0.2, 0.25) is 0 Å². The topological polar surface area (TPSA) is 62.6 Å². The second-order valence-electron chi connectivity index (χ2n) is 7.24. The van der Waals surface area contributed by atoms with Crippen LogP contribution in [0.15, 0.2) is 21.9 Å². The van der Waals surface area contributed by atoms with Gasteiger partial charge in [-0.15, -0.1) is 11.3 Å². The predicted molar refractivity (Wildman–Crippen MR) is 101 cm³/mol. The molecule has 0 aromatic carbocycles. The molecule has 0 spiro atoms. The van der Waals surface area contributed by atoms with Crippen LogP contribution in [0.4, 0.5) is 0 Å². The average Bonchev–Trinajstić information content (AvgIpc) is 3.22. The first-order valence-electron chi connectivity index (χ1n) is 9.33. The van der Waals surface area contributed by atoms with E-state index in [9.17, 15) is 9.59 Å². The van der Waals surface area contributed by atoms with E-state index < -0.39 is 0 Å². The number of nitrogens with one attached hydrogen (secondary N) is 1. The van der Waals surface area contributed by atoms with Crippen LogP contribution in [0.25, 0.3) is 0 Å². The summed E-state index contributed by atoms with van der Waals surface area (Å²) in [6.07, 6.45) is 4.09. The highest BCUT2D eigenvalue weighted by atomic mass is 32.1. The third-order valence-corrected chi connectivity index (χ3v) is 6.13. The summed E-state index contributed by atoms with van der Waals surface area (Å²) in [5.41, 5.74) is 0.984. The number of likely N-dealkylation sites (tertiary alicyclic amines) is 1. The van der Waals surface area contributed by atoms with Gasteiger partial charge in [0.1, 0.15) is 11.5 Å². The van der Waals surface area contributed by atoms with Crippen molar-refractivity contribution in [2.45, 2.75) is 51.6 Å². The molecule has 138 valence electrons. The predicted octanol–water partition coefficient (Wildman–Crippen LogP) is 3.56. The second kappa shape index (κ2) is 7.37. The zero-order valence-corrected chi connectivity index (χ0v) is 15.9. The summed E-state index contributed by atoms with van der Waals surface area (Å²) in [7, 11) is 0. The van der Waals surface area contributed by atoms with E-state index in [2.05, 4.69) is 27.7 Å². The molecule has 1 atom stereocenters. The molecule has 26 heavy (non-hydrogen) atoms. The molecule has 1 aliphatic carbocycles. The van der Waals surface area contributed by atoms with Gasteiger partial charge < -0.3 is 9.73 Å². The molecule has 5 nitrogen and oxygen atoms in total. The molecule has 1 saturated heterocycles. The molecular formula is C20H24N2O3S. The molecule has 1 aliphatic heterocycles. The summed E-state index contributed by atoms with van der Waals surface area (Å²) in [5.74, 6) is 1.13. The molecule has 2 aromatic rings. The van der Waals surface area contributed by atoms with Gasteiger partial charge in [-0.05, 0) is 44.2 Å². The number of thiophene rings is 1. The highest BCUT2D eigenvalue weighted by Gasteiger charge is 2.32. The number of carbonyl (C=O) groups excluding carboxylic acids is 2. The van der Waals surface area contributed by atoms with E-state index in [4.69, 9.17) is 4.42 Å². The molecular weight excluding hydrogens is 348 g/mol. The monoisotopic (exact) mass is 372 g/mol. The number of hydrogen-bond donors (Lipinski definition) is 1. The van der Waals surface area contributed by atoms with Gasteiger partial charge in [0.15, 0.2) is 5.78 Å². The smallest absolute Gasteiger partial charge is 0.255 e. The Bertz CT molecular complexity index is 809. The number of Topliss-reactive ketones (excluding diaryl/α,β-unsaturated/α-hetero) is 1. The maximum Gasteiger partial charge on any atom is 0.255 e. The van der Waals surface area contributed by atoms with Gasteiger partial charge in [0.05, 0.1) is 11.1 Å². The summed E-state index contributed by atoms with van der Waals surface area (Å²) in [4.78, 5) is 28.9. The van der Waals surface area contributed by atoms with Crippen LogP contribution in [0.2, 0.25) is 0 Å². The van der Waals surface area contributed by atoms with Crippen LogP contribution in [0.3, 0.4) is 0 Å². The molecule has 1 unspecified atom stereocenters. The lowest BCUT2D eigenvalue weighted by molar-refractivity contribution is 0.0887. The number of piperidine rings is 1. The van der Waals surface area contributed by atoms with Crippen LogP contribution in [0, 0.1) is 6.92 Å². The fraction of sp³-hybridized carbons (Fsp3) is 0.500. The van der Waals surface area contributed by atoms with E-state index in [1.165, 1.54) is 4.88 Å². The maximum atomic E-state index is 12.9. The van der Waals surface area contributed by atoms with Crippen LogP contribution >= 0.6 is 11.3 Å². The third kappa shape index (κ3) is 3.48. The van der Waals surface area contributed by atoms with Crippen LogP contribution < -0.4 is 5.32 Å². The maximum absolute atomic E-state index is 12.9. The Morgan fingerprint density at radius 2 is 2.27 bits per heavy atom. The number of nitrogens with zero attached hydrogens (tertiary/aromatic N) is 1. The van der Waals surface area contributed by atoms with Gasteiger partial charge in [-0.25, -0.2) is 0 Å². The molecule has 0 saturated carbocycles. The molecule has 3 heterocycles. The van der Waals surface area contributed by atoms with E-state index in [-0.39, 0.29) is 17.7 Å². The van der Waals surface area contributed by atoms with Crippen molar-refractivity contribution in [2.24, 2.45) is 0 Å². The first kappa shape index (κ1) is 17.5. The first-order chi connectivity index (χ1) is 12.6. The largest absolute Gasteiger partial charge is 0.465 e. The van der Waals surface area contributed by atoms with Crippen molar-refractivity contribution in [3.8, 4) is 0 Å². The van der Waals surface area contributed by atoms with Crippen molar-refractivity contribution in [3.63, 3.8) is 0 Å². The number of furan rings is 1. The number of amides is 1. The van der Waals surface area contributed by atoms with Gasteiger partial charge in [-0.1, -0.05) is 6.07 Å². The van der Waals surface area contributed by atoms with Crippen molar-refractivity contribution >= 4 is 23.0 Å². The summed E-state index contributed by atoms with van der Waals surface area (Å²) < 4.78 is 5.72. The zero-order chi connectivity index (χ0) is 18.1. The number of rotatable bonds is 4. The number of carbonyl (C=O) groups is 2. The Hall–Kier alpha value is -1.92. The van der Waals surface area contributed by atoms with Crippen LogP contribution in [-0.4, -0.2) is 35.7 Å². The lowest BCUT2D eigenvalue weighted by Crippen LogP contribution is -2.47. The number of hydrogen-bond acceptors (Lipinski definition) is 5. The molecule has 2 aliphatic rings. The van der Waals surface area contributed by atoms with Crippen LogP contribution in [0.5, 0.6) is 0 Å². The number of fused-ring (bicyclic) bond motifs is 1. The SMILES string of the molecule is Cc1oc2c(c1C(=O)NC1CCCN(Cc3cccs3)C1)C(=O)CCC2. The second-order valence-corrected chi connectivity index (χ2v) is 8.27. The lowest BCUT2D eigenvalue weighted by atomic mass is 9.93. The highest BCUT2D eigenvalue weighted by Crippen LogP contribution is 2.29. The highest BCUT2D eigenvalue weighted by molar-refractivity contribution is 7.09. The fourth-order valence-electron chi connectivity index (χ4n) is 4.08. The van der Waals surface area contributed by atoms with Crippen molar-refractivity contribution < 1.29 is 14.0 Å². The molecule has 0 radical (unpaired) electrons. The Kier molecular flexibility index (Phi) is 4.96. The zero-order valence-electron chi connectivity index (χ0n) is 15.0. The molecule has 0 bridgehead atoms. The Morgan fingerprint density at radius 3 is 3.08 bits per heavy atom. The van der Waals surface area contributed by atoms with Crippen molar-refractivity contribution in [2.75, 3.05) is 13.1 Å². The minimum atomic E-state index is -0.161. The van der Waals surface area contributed by atoms with Gasteiger partial charge in [0.25, 0.3) is 5.91 Å². The van der Waals surface area contributed by atoms with Crippen molar-refractivity contribution in [1.82, 2.24) is 10.2 Å². The van der Waals surface area contributed by atoms with E-state index in [1.54, 1.807) is 18.3 Å². The van der Waals surface area contributed by atoms with Gasteiger partial charge in [-0.3, -0.25) is 14.5 Å². The quantitative estimate of drug-likeness (QED) is 0.891. The number of ketones is 1. The van der Waals surface area contributed by atoms with Crippen molar-refractivity contribution in [3.05, 3.63) is 45.0 Å². The molecule has 2 aromatic heterocycles. The molecule has 1 amide bonds. The van der Waals surface area contributed by atoms with Gasteiger partial charge in [-0.2, -0.15) is 0 Å². The van der Waals surface area contributed by atoms with Gasteiger partial charge in [0, 0.05) is 36.9 Å². The average molecular weight is 372 g/mol. The number of aryl methyl sites for hydroxylation is 2. The standard InChI is InChI=1S/C20H24N2O3S/c1-13-18(19-16(23)7-2-8-17(19)25-13)20(24)21-14-5-3-9-22(11-14)12-15-6-4-10-26-15/h4,6,10,14H,2-3,5,7-9,11-12H2,1H3,(H,21,24). The molecule has 1 N–H and O–H groups in total. The van der Waals surface area contributed by atoms with E-state index in [0.717, 1.165) is 45.3 Å². The fourth-order valence-corrected chi connectivity index (χ4v) is 4.82. The first-order valence-corrected chi connectivity index (χ1v) is 10.2. The normalized spacial score (nSPS) is 20.8. The van der Waals surface area contributed by atoms with E-state index >= 15 is 0 Å². The summed E-state index contributed by atoms with van der Waals surface area (Å²) >= 11 is 1.77. The minimum Gasteiger partial charge on any atom is -0.465 e. The van der Waals surface area contributed by atoms with Crippen LogP contribution in [0.1, 0.15) is 62.8 Å².